The van der Waals surface area contributed by atoms with E-state index in [1.54, 1.807) is 12.1 Å². The molecule has 2 aromatic carbocycles. The van der Waals surface area contributed by atoms with E-state index in [1.165, 1.54) is 0 Å². The number of nitrogens with one attached hydrogen (secondary N) is 1. The molecule has 20 heavy (non-hydrogen) atoms. The highest BCUT2D eigenvalue weighted by Gasteiger charge is 2.16. The van der Waals surface area contributed by atoms with Crippen molar-refractivity contribution in [3.05, 3.63) is 42.5 Å². The zero-order chi connectivity index (χ0) is 14.6. The van der Waals surface area contributed by atoms with Gasteiger partial charge >= 0.3 is 0 Å². The summed E-state index contributed by atoms with van der Waals surface area (Å²) in [5.41, 5.74) is 0. The molecule has 2 aromatic rings. The van der Waals surface area contributed by atoms with Crippen LogP contribution in [0.15, 0.2) is 47.4 Å². The van der Waals surface area contributed by atoms with Crippen LogP contribution in [0.3, 0.4) is 0 Å². The highest BCUT2D eigenvalue weighted by Crippen LogP contribution is 2.22. The van der Waals surface area contributed by atoms with E-state index in [9.17, 15) is 8.42 Å². The van der Waals surface area contributed by atoms with Crippen LogP contribution in [0.2, 0.25) is 0 Å². The molecule has 0 unspecified atom stereocenters. The summed E-state index contributed by atoms with van der Waals surface area (Å²) in [5.74, 6) is 0.594. The second-order valence-electron chi connectivity index (χ2n) is 5.41. The van der Waals surface area contributed by atoms with Gasteiger partial charge in [0.1, 0.15) is 0 Å². The van der Waals surface area contributed by atoms with Crippen molar-refractivity contribution in [2.45, 2.75) is 31.6 Å². The first-order valence-corrected chi connectivity index (χ1v) is 8.46. The Labute approximate surface area is 121 Å². The molecule has 1 N–H and O–H groups in total. The smallest absolute Gasteiger partial charge is 0.211 e. The first-order valence-electron chi connectivity index (χ1n) is 6.98. The Morgan fingerprint density at radius 2 is 1.75 bits per heavy atom. The second kappa shape index (κ2) is 6.37. The van der Waals surface area contributed by atoms with E-state index in [0.29, 0.717) is 17.4 Å². The Morgan fingerprint density at radius 3 is 2.50 bits per heavy atom. The molecule has 0 aliphatic carbocycles. The number of fused-ring (bicyclic) bond motifs is 1. The molecule has 0 aromatic heterocycles. The molecular weight excluding hydrogens is 270 g/mol. The predicted molar refractivity (Wildman–Crippen MR) is 83.2 cm³/mol. The minimum Gasteiger partial charge on any atom is -0.211 e. The quantitative estimate of drug-likeness (QED) is 0.827. The van der Waals surface area contributed by atoms with Gasteiger partial charge in [0.25, 0.3) is 0 Å². The molecule has 4 heteroatoms. The van der Waals surface area contributed by atoms with Gasteiger partial charge in [-0.1, -0.05) is 50.2 Å². The normalized spacial score (nSPS) is 12.2. The first-order chi connectivity index (χ1) is 9.50. The van der Waals surface area contributed by atoms with Crippen molar-refractivity contribution in [2.24, 2.45) is 5.92 Å². The van der Waals surface area contributed by atoms with E-state index in [4.69, 9.17) is 0 Å². The van der Waals surface area contributed by atoms with Gasteiger partial charge in [-0.05, 0) is 30.2 Å². The van der Waals surface area contributed by atoms with Crippen LogP contribution in [0, 0.1) is 5.92 Å². The van der Waals surface area contributed by atoms with E-state index in [2.05, 4.69) is 18.6 Å². The fraction of sp³-hybridized carbons (Fsp3) is 0.375. The molecule has 2 rings (SSSR count). The van der Waals surface area contributed by atoms with Gasteiger partial charge in [0, 0.05) is 11.9 Å². The van der Waals surface area contributed by atoms with E-state index in [0.717, 1.165) is 23.6 Å². The summed E-state index contributed by atoms with van der Waals surface area (Å²) in [6.45, 7) is 4.77. The van der Waals surface area contributed by atoms with Crippen LogP contribution in [0.25, 0.3) is 10.8 Å². The zero-order valence-corrected chi connectivity index (χ0v) is 12.8. The van der Waals surface area contributed by atoms with E-state index >= 15 is 0 Å². The third-order valence-electron chi connectivity index (χ3n) is 3.29. The van der Waals surface area contributed by atoms with E-state index in [-0.39, 0.29) is 0 Å². The van der Waals surface area contributed by atoms with Crippen molar-refractivity contribution in [1.29, 1.82) is 0 Å². The number of hydrogen-bond acceptors (Lipinski definition) is 2. The lowest BCUT2D eigenvalue weighted by Gasteiger charge is -2.10. The van der Waals surface area contributed by atoms with Gasteiger partial charge in [0.05, 0.1) is 4.90 Å². The average Bonchev–Trinajstić information content (AvgIpc) is 2.43. The summed E-state index contributed by atoms with van der Waals surface area (Å²) in [6, 6.07) is 12.9. The SMILES string of the molecule is CC(C)CCCNS(=O)(=O)c1cccc2ccccc12. The van der Waals surface area contributed by atoms with Crippen molar-refractivity contribution in [3.63, 3.8) is 0 Å². The summed E-state index contributed by atoms with van der Waals surface area (Å²) < 4.78 is 27.5. The summed E-state index contributed by atoms with van der Waals surface area (Å²) in [6.07, 6.45) is 1.89. The molecule has 0 atom stereocenters. The molecule has 0 aliphatic rings. The summed E-state index contributed by atoms with van der Waals surface area (Å²) >= 11 is 0. The van der Waals surface area contributed by atoms with Crippen LogP contribution in [-0.2, 0) is 10.0 Å². The molecule has 0 aliphatic heterocycles. The van der Waals surface area contributed by atoms with Crippen molar-refractivity contribution in [1.82, 2.24) is 4.72 Å². The summed E-state index contributed by atoms with van der Waals surface area (Å²) in [4.78, 5) is 0.361. The Kier molecular flexibility index (Phi) is 4.78. The molecule has 0 heterocycles. The maximum Gasteiger partial charge on any atom is 0.241 e. The average molecular weight is 291 g/mol. The predicted octanol–water partition coefficient (Wildman–Crippen LogP) is 3.55. The van der Waals surface area contributed by atoms with Crippen LogP contribution in [-0.4, -0.2) is 15.0 Å². The summed E-state index contributed by atoms with van der Waals surface area (Å²) in [7, 11) is -3.43. The summed E-state index contributed by atoms with van der Waals surface area (Å²) in [5, 5.41) is 1.71. The lowest BCUT2D eigenvalue weighted by Crippen LogP contribution is -2.25. The third-order valence-corrected chi connectivity index (χ3v) is 4.81. The number of rotatable bonds is 6. The van der Waals surface area contributed by atoms with Crippen LogP contribution in [0.5, 0.6) is 0 Å². The van der Waals surface area contributed by atoms with Crippen LogP contribution in [0.1, 0.15) is 26.7 Å². The van der Waals surface area contributed by atoms with Gasteiger partial charge in [0.2, 0.25) is 10.0 Å². The Balaban J connectivity index is 2.19. The fourth-order valence-electron chi connectivity index (χ4n) is 2.22. The molecule has 0 spiro atoms. The molecule has 108 valence electrons. The number of sulfonamides is 1. The number of hydrogen-bond donors (Lipinski definition) is 1. The van der Waals surface area contributed by atoms with Crippen molar-refractivity contribution < 1.29 is 8.42 Å². The van der Waals surface area contributed by atoms with Crippen LogP contribution >= 0.6 is 0 Å². The lowest BCUT2D eigenvalue weighted by atomic mass is 10.1. The van der Waals surface area contributed by atoms with Crippen LogP contribution in [0.4, 0.5) is 0 Å². The van der Waals surface area contributed by atoms with Gasteiger partial charge in [-0.15, -0.1) is 0 Å². The maximum atomic E-state index is 12.4. The van der Waals surface area contributed by atoms with Gasteiger partial charge in [-0.25, -0.2) is 13.1 Å². The minimum atomic E-state index is -3.43. The molecule has 0 amide bonds. The monoisotopic (exact) mass is 291 g/mol. The van der Waals surface area contributed by atoms with Gasteiger partial charge < -0.3 is 0 Å². The van der Waals surface area contributed by atoms with Crippen molar-refractivity contribution in [3.8, 4) is 0 Å². The zero-order valence-electron chi connectivity index (χ0n) is 12.0. The highest BCUT2D eigenvalue weighted by molar-refractivity contribution is 7.89. The standard InChI is InChI=1S/C16H21NO2S/c1-13(2)7-6-12-17-20(18,19)16-11-5-9-14-8-3-4-10-15(14)16/h3-5,8-11,13,17H,6-7,12H2,1-2H3. The molecule has 0 saturated carbocycles. The lowest BCUT2D eigenvalue weighted by molar-refractivity contribution is 0.540. The number of benzene rings is 2. The van der Waals surface area contributed by atoms with Crippen LogP contribution < -0.4 is 4.72 Å². The Hall–Kier alpha value is -1.39. The van der Waals surface area contributed by atoms with Gasteiger partial charge in [-0.3, -0.25) is 0 Å². The topological polar surface area (TPSA) is 46.2 Å². The molecule has 0 radical (unpaired) electrons. The second-order valence-corrected chi connectivity index (χ2v) is 7.15. The molecular formula is C16H21NO2S. The Bertz CT molecular complexity index is 672. The third kappa shape index (κ3) is 3.58. The molecule has 0 fully saturated rings. The fourth-order valence-corrected chi connectivity index (χ4v) is 3.53. The van der Waals surface area contributed by atoms with Crippen molar-refractivity contribution in [2.75, 3.05) is 6.54 Å². The van der Waals surface area contributed by atoms with Crippen molar-refractivity contribution >= 4 is 20.8 Å². The minimum absolute atomic E-state index is 0.361. The largest absolute Gasteiger partial charge is 0.241 e. The van der Waals surface area contributed by atoms with Gasteiger partial charge in [-0.2, -0.15) is 0 Å². The Morgan fingerprint density at radius 1 is 1.05 bits per heavy atom. The van der Waals surface area contributed by atoms with E-state index < -0.39 is 10.0 Å². The highest BCUT2D eigenvalue weighted by atomic mass is 32.2. The maximum absolute atomic E-state index is 12.4. The molecule has 0 bridgehead atoms. The van der Waals surface area contributed by atoms with Gasteiger partial charge in [0.15, 0.2) is 0 Å². The first kappa shape index (κ1) is 15.0. The molecule has 0 saturated heterocycles. The molecule has 3 nitrogen and oxygen atoms in total. The van der Waals surface area contributed by atoms with E-state index in [1.807, 2.05) is 30.3 Å².